The summed E-state index contributed by atoms with van der Waals surface area (Å²) in [5, 5.41) is 3.71. The van der Waals surface area contributed by atoms with E-state index in [0.717, 1.165) is 11.1 Å². The number of anilines is 1. The fourth-order valence-electron chi connectivity index (χ4n) is 2.31. The number of carbonyl (C=O) groups excluding carboxylic acids is 2. The van der Waals surface area contributed by atoms with Gasteiger partial charge in [-0.2, -0.15) is 0 Å². The number of likely N-dealkylation sites (N-methyl/N-ethyl adjacent to an activating group) is 1. The topological polar surface area (TPSA) is 49.4 Å². The van der Waals surface area contributed by atoms with E-state index in [-0.39, 0.29) is 24.8 Å². The summed E-state index contributed by atoms with van der Waals surface area (Å²) in [4.78, 5) is 25.7. The van der Waals surface area contributed by atoms with Gasteiger partial charge in [0.05, 0.1) is 16.6 Å². The second kappa shape index (κ2) is 8.88. The summed E-state index contributed by atoms with van der Waals surface area (Å²) in [7, 11) is 1.61. The fourth-order valence-corrected chi connectivity index (χ4v) is 2.73. The molecular formula is C19H20Cl2N2O2. The Hall–Kier alpha value is -2.04. The highest BCUT2D eigenvalue weighted by atomic mass is 35.5. The molecule has 132 valence electrons. The molecule has 0 aliphatic carbocycles. The van der Waals surface area contributed by atoms with E-state index < -0.39 is 0 Å². The lowest BCUT2D eigenvalue weighted by Crippen LogP contribution is -2.35. The van der Waals surface area contributed by atoms with E-state index in [2.05, 4.69) is 5.32 Å². The van der Waals surface area contributed by atoms with E-state index in [4.69, 9.17) is 23.2 Å². The number of rotatable bonds is 6. The van der Waals surface area contributed by atoms with Crippen molar-refractivity contribution in [3.8, 4) is 0 Å². The van der Waals surface area contributed by atoms with Gasteiger partial charge < -0.3 is 10.2 Å². The van der Waals surface area contributed by atoms with Crippen molar-refractivity contribution >= 4 is 40.7 Å². The van der Waals surface area contributed by atoms with E-state index in [1.54, 1.807) is 19.2 Å². The van der Waals surface area contributed by atoms with Crippen LogP contribution in [0, 0.1) is 6.92 Å². The zero-order chi connectivity index (χ0) is 18.4. The quantitative estimate of drug-likeness (QED) is 0.812. The molecule has 0 saturated carbocycles. The minimum absolute atomic E-state index is 0.00398. The third kappa shape index (κ3) is 5.76. The fraction of sp³-hybridized carbons (Fsp3) is 0.263. The van der Waals surface area contributed by atoms with Gasteiger partial charge in [0.15, 0.2) is 0 Å². The van der Waals surface area contributed by atoms with Crippen LogP contribution in [-0.2, 0) is 16.0 Å². The summed E-state index contributed by atoms with van der Waals surface area (Å²) in [5.41, 5.74) is 2.65. The Kier molecular flexibility index (Phi) is 6.85. The van der Waals surface area contributed by atoms with Gasteiger partial charge in [0, 0.05) is 19.2 Å². The molecule has 6 heteroatoms. The normalized spacial score (nSPS) is 10.4. The Balaban J connectivity index is 1.84. The summed E-state index contributed by atoms with van der Waals surface area (Å²) >= 11 is 12.1. The van der Waals surface area contributed by atoms with Gasteiger partial charge in [-0.15, -0.1) is 0 Å². The van der Waals surface area contributed by atoms with Gasteiger partial charge in [-0.25, -0.2) is 0 Å². The number of aryl methyl sites for hydroxylation is 2. The maximum Gasteiger partial charge on any atom is 0.243 e. The van der Waals surface area contributed by atoms with Gasteiger partial charge in [-0.1, -0.05) is 53.0 Å². The number of carbonyl (C=O) groups is 2. The number of hydrogen-bond acceptors (Lipinski definition) is 2. The van der Waals surface area contributed by atoms with E-state index in [9.17, 15) is 9.59 Å². The van der Waals surface area contributed by atoms with Gasteiger partial charge in [0.2, 0.25) is 11.8 Å². The zero-order valence-electron chi connectivity index (χ0n) is 14.2. The van der Waals surface area contributed by atoms with Crippen LogP contribution in [0.3, 0.4) is 0 Å². The zero-order valence-corrected chi connectivity index (χ0v) is 15.7. The number of benzene rings is 2. The molecule has 2 aromatic rings. The lowest BCUT2D eigenvalue weighted by molar-refractivity contribution is -0.133. The molecule has 0 heterocycles. The van der Waals surface area contributed by atoms with Crippen molar-refractivity contribution in [3.63, 3.8) is 0 Å². The molecule has 25 heavy (non-hydrogen) atoms. The van der Waals surface area contributed by atoms with Crippen LogP contribution in [0.5, 0.6) is 0 Å². The van der Waals surface area contributed by atoms with Crippen molar-refractivity contribution in [1.29, 1.82) is 0 Å². The van der Waals surface area contributed by atoms with Gasteiger partial charge in [0.1, 0.15) is 0 Å². The highest BCUT2D eigenvalue weighted by molar-refractivity contribution is 6.42. The monoisotopic (exact) mass is 378 g/mol. The summed E-state index contributed by atoms with van der Waals surface area (Å²) in [6.45, 7) is 1.97. The van der Waals surface area contributed by atoms with Crippen molar-refractivity contribution in [2.75, 3.05) is 18.9 Å². The molecule has 2 aromatic carbocycles. The van der Waals surface area contributed by atoms with Crippen LogP contribution in [0.2, 0.25) is 10.0 Å². The van der Waals surface area contributed by atoms with Crippen molar-refractivity contribution in [1.82, 2.24) is 4.90 Å². The third-order valence-electron chi connectivity index (χ3n) is 3.78. The second-order valence-corrected chi connectivity index (χ2v) is 6.66. The second-order valence-electron chi connectivity index (χ2n) is 5.88. The van der Waals surface area contributed by atoms with Crippen LogP contribution >= 0.6 is 23.2 Å². The molecule has 0 aromatic heterocycles. The number of nitrogens with zero attached hydrogens (tertiary/aromatic N) is 1. The molecule has 0 bridgehead atoms. The molecule has 0 aliphatic rings. The number of nitrogens with one attached hydrogen (secondary N) is 1. The minimum atomic E-state index is -0.236. The highest BCUT2D eigenvalue weighted by Crippen LogP contribution is 2.26. The van der Waals surface area contributed by atoms with E-state index in [1.165, 1.54) is 4.90 Å². The van der Waals surface area contributed by atoms with Crippen LogP contribution in [0.25, 0.3) is 0 Å². The number of halogens is 2. The molecule has 4 nitrogen and oxygen atoms in total. The average molecular weight is 379 g/mol. The lowest BCUT2D eigenvalue weighted by atomic mass is 10.1. The van der Waals surface area contributed by atoms with Gasteiger partial charge in [-0.3, -0.25) is 9.59 Å². The largest absolute Gasteiger partial charge is 0.336 e. The lowest BCUT2D eigenvalue weighted by Gasteiger charge is -2.17. The maximum absolute atomic E-state index is 12.2. The Morgan fingerprint density at radius 1 is 1.08 bits per heavy atom. The SMILES string of the molecule is Cc1ccc(NC(=O)CN(C)C(=O)CCc2cccc(Cl)c2Cl)cc1. The Morgan fingerprint density at radius 3 is 2.44 bits per heavy atom. The van der Waals surface area contributed by atoms with Crippen LogP contribution in [-0.4, -0.2) is 30.3 Å². The van der Waals surface area contributed by atoms with Gasteiger partial charge in [-0.05, 0) is 37.1 Å². The molecule has 1 N–H and O–H groups in total. The first kappa shape index (κ1) is 19.3. The van der Waals surface area contributed by atoms with Crippen LogP contribution in [0.1, 0.15) is 17.5 Å². The molecular weight excluding hydrogens is 359 g/mol. The molecule has 0 atom stereocenters. The maximum atomic E-state index is 12.2. The summed E-state index contributed by atoms with van der Waals surface area (Å²) in [6.07, 6.45) is 0.733. The predicted molar refractivity (Wildman–Crippen MR) is 102 cm³/mol. The predicted octanol–water partition coefficient (Wildman–Crippen LogP) is 4.33. The standard InChI is InChI=1S/C19H20Cl2N2O2/c1-13-6-9-15(10-7-13)22-17(24)12-23(2)18(25)11-8-14-4-3-5-16(20)19(14)21/h3-7,9-10H,8,11-12H2,1-2H3,(H,22,24). The van der Waals surface area contributed by atoms with Gasteiger partial charge in [0.25, 0.3) is 0 Å². The van der Waals surface area contributed by atoms with Crippen LogP contribution < -0.4 is 5.32 Å². The molecule has 0 aliphatic heterocycles. The Bertz CT molecular complexity index is 761. The number of hydrogen-bond donors (Lipinski definition) is 1. The summed E-state index contributed by atoms with van der Waals surface area (Å²) in [6, 6.07) is 12.8. The first-order valence-corrected chi connectivity index (χ1v) is 8.66. The van der Waals surface area contributed by atoms with E-state index in [0.29, 0.717) is 22.2 Å². The molecule has 0 unspecified atom stereocenters. The minimum Gasteiger partial charge on any atom is -0.336 e. The first-order valence-electron chi connectivity index (χ1n) is 7.90. The van der Waals surface area contributed by atoms with Crippen molar-refractivity contribution in [2.45, 2.75) is 19.8 Å². The van der Waals surface area contributed by atoms with E-state index in [1.807, 2.05) is 37.3 Å². The average Bonchev–Trinajstić information content (AvgIpc) is 2.58. The summed E-state index contributed by atoms with van der Waals surface area (Å²) < 4.78 is 0. The molecule has 0 saturated heterocycles. The van der Waals surface area contributed by atoms with Crippen molar-refractivity contribution in [3.05, 3.63) is 63.6 Å². The molecule has 0 spiro atoms. The number of amides is 2. The van der Waals surface area contributed by atoms with Gasteiger partial charge >= 0.3 is 0 Å². The van der Waals surface area contributed by atoms with Crippen LogP contribution in [0.15, 0.2) is 42.5 Å². The Labute approximate surface area is 157 Å². The Morgan fingerprint density at radius 2 is 1.76 bits per heavy atom. The smallest absolute Gasteiger partial charge is 0.243 e. The molecule has 2 rings (SSSR count). The summed E-state index contributed by atoms with van der Waals surface area (Å²) in [5.74, 6) is -0.365. The first-order chi connectivity index (χ1) is 11.9. The van der Waals surface area contributed by atoms with Crippen LogP contribution in [0.4, 0.5) is 5.69 Å². The van der Waals surface area contributed by atoms with Crippen molar-refractivity contribution in [2.24, 2.45) is 0 Å². The molecule has 2 amide bonds. The highest BCUT2D eigenvalue weighted by Gasteiger charge is 2.14. The molecule has 0 fully saturated rings. The van der Waals surface area contributed by atoms with Crippen molar-refractivity contribution < 1.29 is 9.59 Å². The molecule has 0 radical (unpaired) electrons. The van der Waals surface area contributed by atoms with E-state index >= 15 is 0 Å². The third-order valence-corrected chi connectivity index (χ3v) is 4.64.